The van der Waals surface area contributed by atoms with E-state index >= 15 is 0 Å². The molecule has 2 heterocycles. The quantitative estimate of drug-likeness (QED) is 0.466. The predicted molar refractivity (Wildman–Crippen MR) is 122 cm³/mol. The molecule has 2 aromatic carbocycles. The molecule has 4 rings (SSSR count). The summed E-state index contributed by atoms with van der Waals surface area (Å²) in [7, 11) is 0. The van der Waals surface area contributed by atoms with E-state index in [4.69, 9.17) is 5.73 Å². The standard InChI is InChI=1S/C22H23FN4S2/c1-15(17-7-8-18(19(23)13-17)16-5-3-2-4-6-16)20-14-29-22(25-20)26-21(24)27-9-11-28-12-10-27/h2-8,13-15H,9-12H2,1H3,(H2,24,25,26). The summed E-state index contributed by atoms with van der Waals surface area (Å²) in [5.74, 6) is 2.42. The number of hydrogen-bond acceptors (Lipinski definition) is 4. The van der Waals surface area contributed by atoms with E-state index < -0.39 is 0 Å². The van der Waals surface area contributed by atoms with Crippen molar-refractivity contribution in [2.24, 2.45) is 10.7 Å². The van der Waals surface area contributed by atoms with Gasteiger partial charge in [0.1, 0.15) is 5.82 Å². The Bertz CT molecular complexity index is 997. The van der Waals surface area contributed by atoms with E-state index in [-0.39, 0.29) is 11.7 Å². The fourth-order valence-corrected chi connectivity index (χ4v) is 5.00. The molecular weight excluding hydrogens is 403 g/mol. The summed E-state index contributed by atoms with van der Waals surface area (Å²) in [5.41, 5.74) is 9.41. The molecule has 1 saturated heterocycles. The molecule has 0 radical (unpaired) electrons. The average molecular weight is 427 g/mol. The Balaban J connectivity index is 1.51. The number of thioether (sulfide) groups is 1. The third-order valence-corrected chi connectivity index (χ3v) is 6.77. The van der Waals surface area contributed by atoms with Crippen molar-refractivity contribution in [2.75, 3.05) is 24.6 Å². The van der Waals surface area contributed by atoms with E-state index in [0.29, 0.717) is 16.7 Å². The van der Waals surface area contributed by atoms with Crippen molar-refractivity contribution in [1.29, 1.82) is 0 Å². The van der Waals surface area contributed by atoms with E-state index in [1.54, 1.807) is 6.07 Å². The maximum Gasteiger partial charge on any atom is 0.212 e. The van der Waals surface area contributed by atoms with Crippen LogP contribution in [0.25, 0.3) is 11.1 Å². The Morgan fingerprint density at radius 2 is 1.93 bits per heavy atom. The number of benzene rings is 2. The van der Waals surface area contributed by atoms with Crippen molar-refractivity contribution in [3.05, 3.63) is 71.0 Å². The van der Waals surface area contributed by atoms with Gasteiger partial charge in [-0.3, -0.25) is 0 Å². The summed E-state index contributed by atoms with van der Waals surface area (Å²) >= 11 is 3.40. The highest BCUT2D eigenvalue weighted by Crippen LogP contribution is 2.31. The van der Waals surface area contributed by atoms with Crippen molar-refractivity contribution in [3.8, 4) is 11.1 Å². The van der Waals surface area contributed by atoms with Gasteiger partial charge in [-0.15, -0.1) is 11.3 Å². The molecule has 0 bridgehead atoms. The fourth-order valence-electron chi connectivity index (χ4n) is 3.31. The average Bonchev–Trinajstić information content (AvgIpc) is 3.23. The number of aliphatic imine (C=N–C) groups is 1. The molecule has 1 aliphatic heterocycles. The van der Waals surface area contributed by atoms with Crippen LogP contribution < -0.4 is 5.73 Å². The largest absolute Gasteiger partial charge is 0.369 e. The number of nitrogens with two attached hydrogens (primary N) is 1. The van der Waals surface area contributed by atoms with Crippen LogP contribution in [0.2, 0.25) is 0 Å². The van der Waals surface area contributed by atoms with Gasteiger partial charge in [-0.2, -0.15) is 16.8 Å². The first-order chi connectivity index (χ1) is 14.1. The highest BCUT2D eigenvalue weighted by atomic mass is 32.2. The second-order valence-corrected chi connectivity index (χ2v) is 9.01. The Labute approximate surface area is 178 Å². The zero-order valence-corrected chi connectivity index (χ0v) is 17.8. The van der Waals surface area contributed by atoms with Gasteiger partial charge in [-0.25, -0.2) is 9.37 Å². The second kappa shape index (κ2) is 8.97. The minimum Gasteiger partial charge on any atom is -0.369 e. The SMILES string of the molecule is CC(c1ccc(-c2ccccc2)c(F)c1)c1csc(N=C(N)N2CCSCC2)n1. The lowest BCUT2D eigenvalue weighted by Gasteiger charge is -2.26. The van der Waals surface area contributed by atoms with Gasteiger partial charge in [0.15, 0.2) is 5.96 Å². The zero-order valence-electron chi connectivity index (χ0n) is 16.2. The third-order valence-electron chi connectivity index (χ3n) is 5.08. The highest BCUT2D eigenvalue weighted by molar-refractivity contribution is 7.99. The first-order valence-electron chi connectivity index (χ1n) is 9.59. The smallest absolute Gasteiger partial charge is 0.212 e. The van der Waals surface area contributed by atoms with Gasteiger partial charge in [0.05, 0.1) is 5.69 Å². The predicted octanol–water partition coefficient (Wildman–Crippen LogP) is 5.10. The molecule has 150 valence electrons. The number of thiazole rings is 1. The van der Waals surface area contributed by atoms with Crippen molar-refractivity contribution < 1.29 is 4.39 Å². The maximum atomic E-state index is 14.7. The van der Waals surface area contributed by atoms with Crippen molar-refractivity contribution in [2.45, 2.75) is 12.8 Å². The molecule has 4 nitrogen and oxygen atoms in total. The first kappa shape index (κ1) is 19.9. The van der Waals surface area contributed by atoms with E-state index in [1.165, 1.54) is 11.3 Å². The number of aromatic nitrogens is 1. The monoisotopic (exact) mass is 426 g/mol. The number of rotatable bonds is 4. The first-order valence-corrected chi connectivity index (χ1v) is 11.6. The van der Waals surface area contributed by atoms with Crippen LogP contribution in [0.4, 0.5) is 9.52 Å². The number of hydrogen-bond donors (Lipinski definition) is 1. The lowest BCUT2D eigenvalue weighted by molar-refractivity contribution is 0.458. The zero-order chi connectivity index (χ0) is 20.2. The Morgan fingerprint density at radius 3 is 2.66 bits per heavy atom. The van der Waals surface area contributed by atoms with Crippen LogP contribution in [0.1, 0.15) is 24.1 Å². The van der Waals surface area contributed by atoms with Gasteiger partial charge in [0, 0.05) is 41.5 Å². The summed E-state index contributed by atoms with van der Waals surface area (Å²) in [4.78, 5) is 11.2. The minimum absolute atomic E-state index is 0.0258. The molecule has 0 amide bonds. The fraction of sp³-hybridized carbons (Fsp3) is 0.273. The van der Waals surface area contributed by atoms with Crippen LogP contribution >= 0.6 is 23.1 Å². The summed E-state index contributed by atoms with van der Waals surface area (Å²) in [6.45, 7) is 3.87. The Morgan fingerprint density at radius 1 is 1.17 bits per heavy atom. The van der Waals surface area contributed by atoms with Crippen LogP contribution in [-0.4, -0.2) is 40.4 Å². The number of guanidine groups is 1. The van der Waals surface area contributed by atoms with Gasteiger partial charge in [0.2, 0.25) is 5.13 Å². The molecule has 0 saturated carbocycles. The van der Waals surface area contributed by atoms with E-state index in [1.807, 2.05) is 66.5 Å². The summed E-state index contributed by atoms with van der Waals surface area (Å²) in [6.07, 6.45) is 0. The van der Waals surface area contributed by atoms with E-state index in [0.717, 1.165) is 41.4 Å². The van der Waals surface area contributed by atoms with Crippen LogP contribution in [0, 0.1) is 5.82 Å². The van der Waals surface area contributed by atoms with Crippen LogP contribution in [0.15, 0.2) is 58.9 Å². The molecular formula is C22H23FN4S2. The lowest BCUT2D eigenvalue weighted by Crippen LogP contribution is -2.42. The van der Waals surface area contributed by atoms with Gasteiger partial charge >= 0.3 is 0 Å². The number of nitrogens with zero attached hydrogens (tertiary/aromatic N) is 3. The molecule has 29 heavy (non-hydrogen) atoms. The van der Waals surface area contributed by atoms with Gasteiger partial charge < -0.3 is 10.6 Å². The molecule has 1 fully saturated rings. The summed E-state index contributed by atoms with van der Waals surface area (Å²) < 4.78 is 14.7. The third kappa shape index (κ3) is 4.62. The Kier molecular flexibility index (Phi) is 6.16. The summed E-state index contributed by atoms with van der Waals surface area (Å²) in [6, 6.07) is 15.0. The summed E-state index contributed by atoms with van der Waals surface area (Å²) in [5, 5.41) is 2.62. The van der Waals surface area contributed by atoms with Crippen LogP contribution in [0.3, 0.4) is 0 Å². The molecule has 1 unspecified atom stereocenters. The van der Waals surface area contributed by atoms with Gasteiger partial charge in [-0.1, -0.05) is 49.4 Å². The molecule has 0 spiro atoms. The molecule has 2 N–H and O–H groups in total. The van der Waals surface area contributed by atoms with Gasteiger partial charge in [-0.05, 0) is 17.2 Å². The maximum absolute atomic E-state index is 14.7. The second-order valence-electron chi connectivity index (χ2n) is 6.95. The van der Waals surface area contributed by atoms with E-state index in [9.17, 15) is 4.39 Å². The molecule has 1 aromatic heterocycles. The van der Waals surface area contributed by atoms with Crippen molar-refractivity contribution >= 4 is 34.2 Å². The van der Waals surface area contributed by atoms with Crippen LogP contribution in [0.5, 0.6) is 0 Å². The minimum atomic E-state index is -0.221. The topological polar surface area (TPSA) is 54.5 Å². The number of halogens is 1. The van der Waals surface area contributed by atoms with Crippen molar-refractivity contribution in [1.82, 2.24) is 9.88 Å². The molecule has 3 aromatic rings. The normalized spacial score (nSPS) is 16.1. The van der Waals surface area contributed by atoms with Crippen molar-refractivity contribution in [3.63, 3.8) is 0 Å². The molecule has 1 atom stereocenters. The molecule has 1 aliphatic rings. The highest BCUT2D eigenvalue weighted by Gasteiger charge is 2.17. The van der Waals surface area contributed by atoms with E-state index in [2.05, 4.69) is 14.9 Å². The van der Waals surface area contributed by atoms with Gasteiger partial charge in [0.25, 0.3) is 0 Å². The van der Waals surface area contributed by atoms with Crippen LogP contribution in [-0.2, 0) is 0 Å². The molecule has 7 heteroatoms. The molecule has 0 aliphatic carbocycles. The Hall–Kier alpha value is -2.38. The lowest BCUT2D eigenvalue weighted by atomic mass is 9.95.